The summed E-state index contributed by atoms with van der Waals surface area (Å²) in [6.07, 6.45) is -0.0179. The van der Waals surface area contributed by atoms with Gasteiger partial charge in [0.15, 0.2) is 0 Å². The first-order valence-electron chi connectivity index (χ1n) is 12.9. The van der Waals surface area contributed by atoms with Crippen LogP contribution in [-0.2, 0) is 32.6 Å². The van der Waals surface area contributed by atoms with Gasteiger partial charge in [0, 0.05) is 35.9 Å². The first-order valence-corrected chi connectivity index (χ1v) is 15.2. The van der Waals surface area contributed by atoms with E-state index in [0.717, 1.165) is 19.9 Å². The van der Waals surface area contributed by atoms with Crippen LogP contribution in [-0.4, -0.2) is 53.5 Å². The van der Waals surface area contributed by atoms with Crippen molar-refractivity contribution in [3.63, 3.8) is 0 Å². The number of amides is 3. The smallest absolute Gasteiger partial charge is 0.269 e. The molecule has 0 aromatic heterocycles. The lowest BCUT2D eigenvalue weighted by molar-refractivity contribution is -0.142. The number of carbonyl (C=O) groups is 3. The molecule has 1 aliphatic rings. The van der Waals surface area contributed by atoms with Gasteiger partial charge < -0.3 is 10.2 Å². The standard InChI is InChI=1S/C30H32BrN3O5S/c1-30(2,3)32-28(36)25(19-21-10-5-4-6-11-21)33(20-22-12-9-13-23(31)18-22)27(35)16-17-34-29(37)24-14-7-8-15-26(24)40(34,38)39/h4-15,18,25H,16-17,19-20H2,1-3H3,(H,32,36)/t25-/m0/s1. The molecule has 210 valence electrons. The fourth-order valence-corrected chi connectivity index (χ4v) is 6.65. The summed E-state index contributed by atoms with van der Waals surface area (Å²) in [6.45, 7) is 5.39. The maximum absolute atomic E-state index is 13.9. The van der Waals surface area contributed by atoms with Crippen molar-refractivity contribution in [3.8, 4) is 0 Å². The Kier molecular flexibility index (Phi) is 8.80. The molecule has 0 bridgehead atoms. The van der Waals surface area contributed by atoms with Crippen LogP contribution in [0.1, 0.15) is 48.7 Å². The van der Waals surface area contributed by atoms with E-state index < -0.39 is 33.4 Å². The van der Waals surface area contributed by atoms with Gasteiger partial charge in [-0.2, -0.15) is 0 Å². The van der Waals surface area contributed by atoms with Gasteiger partial charge in [-0.25, -0.2) is 12.7 Å². The molecule has 1 atom stereocenters. The Labute approximate surface area is 243 Å². The number of hydrogen-bond donors (Lipinski definition) is 1. The van der Waals surface area contributed by atoms with Crippen molar-refractivity contribution >= 4 is 43.7 Å². The Morgan fingerprint density at radius 3 is 2.25 bits per heavy atom. The van der Waals surface area contributed by atoms with Gasteiger partial charge in [0.1, 0.15) is 10.9 Å². The zero-order valence-electron chi connectivity index (χ0n) is 22.6. The van der Waals surface area contributed by atoms with Crippen LogP contribution in [0, 0.1) is 0 Å². The van der Waals surface area contributed by atoms with Gasteiger partial charge in [0.2, 0.25) is 11.8 Å². The number of rotatable bonds is 9. The zero-order valence-corrected chi connectivity index (χ0v) is 25.0. The van der Waals surface area contributed by atoms with E-state index in [2.05, 4.69) is 21.2 Å². The van der Waals surface area contributed by atoms with Crippen LogP contribution in [0.3, 0.4) is 0 Å². The molecular weight excluding hydrogens is 594 g/mol. The van der Waals surface area contributed by atoms with Gasteiger partial charge in [0.25, 0.3) is 15.9 Å². The Morgan fingerprint density at radius 1 is 0.950 bits per heavy atom. The zero-order chi connectivity index (χ0) is 29.1. The summed E-state index contributed by atoms with van der Waals surface area (Å²) in [5.74, 6) is -1.42. The summed E-state index contributed by atoms with van der Waals surface area (Å²) in [5, 5.41) is 3.00. The summed E-state index contributed by atoms with van der Waals surface area (Å²) < 4.78 is 27.7. The molecule has 10 heteroatoms. The number of sulfonamides is 1. The lowest BCUT2D eigenvalue weighted by Gasteiger charge is -2.34. The molecule has 3 amide bonds. The first kappa shape index (κ1) is 29.5. The second kappa shape index (κ2) is 11.9. The van der Waals surface area contributed by atoms with E-state index in [1.54, 1.807) is 12.1 Å². The second-order valence-electron chi connectivity index (χ2n) is 10.7. The van der Waals surface area contributed by atoms with Gasteiger partial charge >= 0.3 is 0 Å². The maximum Gasteiger partial charge on any atom is 0.269 e. The second-order valence-corrected chi connectivity index (χ2v) is 13.5. The van der Waals surface area contributed by atoms with Crippen LogP contribution >= 0.6 is 15.9 Å². The quantitative estimate of drug-likeness (QED) is 0.376. The highest BCUT2D eigenvalue weighted by molar-refractivity contribution is 9.10. The predicted octanol–water partition coefficient (Wildman–Crippen LogP) is 4.54. The Bertz CT molecular complexity index is 1520. The number of fused-ring (bicyclic) bond motifs is 1. The third-order valence-corrected chi connectivity index (χ3v) is 8.79. The van der Waals surface area contributed by atoms with Gasteiger partial charge in [-0.1, -0.05) is 70.5 Å². The molecule has 3 aromatic carbocycles. The molecule has 0 saturated carbocycles. The molecule has 3 aromatic rings. The molecular formula is C30H32BrN3O5S. The lowest BCUT2D eigenvalue weighted by Crippen LogP contribution is -2.54. The van der Waals surface area contributed by atoms with Crippen molar-refractivity contribution in [3.05, 3.63) is 100 Å². The van der Waals surface area contributed by atoms with Gasteiger partial charge in [-0.05, 0) is 56.2 Å². The Balaban J connectivity index is 1.65. The van der Waals surface area contributed by atoms with Crippen molar-refractivity contribution in [2.75, 3.05) is 6.54 Å². The Morgan fingerprint density at radius 2 is 1.60 bits per heavy atom. The molecule has 0 fully saturated rings. The number of carbonyl (C=O) groups excluding carboxylic acids is 3. The summed E-state index contributed by atoms with van der Waals surface area (Å²) in [6, 6.07) is 22.0. The number of benzene rings is 3. The lowest BCUT2D eigenvalue weighted by atomic mass is 10.0. The molecule has 1 aliphatic heterocycles. The van der Waals surface area contributed by atoms with Crippen molar-refractivity contribution in [2.24, 2.45) is 0 Å². The van der Waals surface area contributed by atoms with E-state index in [0.29, 0.717) is 0 Å². The molecule has 8 nitrogen and oxygen atoms in total. The van der Waals surface area contributed by atoms with Gasteiger partial charge in [-0.15, -0.1) is 0 Å². The number of halogens is 1. The van der Waals surface area contributed by atoms with E-state index >= 15 is 0 Å². The third-order valence-electron chi connectivity index (χ3n) is 6.45. The van der Waals surface area contributed by atoms with E-state index in [1.807, 2.05) is 75.4 Å². The topological polar surface area (TPSA) is 104 Å². The average molecular weight is 627 g/mol. The summed E-state index contributed by atoms with van der Waals surface area (Å²) >= 11 is 3.46. The maximum atomic E-state index is 13.9. The molecule has 0 spiro atoms. The molecule has 0 saturated heterocycles. The van der Waals surface area contributed by atoms with Gasteiger partial charge in [-0.3, -0.25) is 14.4 Å². The van der Waals surface area contributed by atoms with Gasteiger partial charge in [0.05, 0.1) is 5.56 Å². The summed E-state index contributed by atoms with van der Waals surface area (Å²) in [5.41, 5.74) is 1.21. The highest BCUT2D eigenvalue weighted by Gasteiger charge is 2.41. The minimum Gasteiger partial charge on any atom is -0.350 e. The highest BCUT2D eigenvalue weighted by atomic mass is 79.9. The SMILES string of the molecule is CC(C)(C)NC(=O)[C@H](Cc1ccccc1)N(Cc1cccc(Br)c1)C(=O)CCN1C(=O)c2ccccc2S1(=O)=O. The minimum atomic E-state index is -4.06. The molecule has 0 radical (unpaired) electrons. The predicted molar refractivity (Wildman–Crippen MR) is 156 cm³/mol. The fourth-order valence-electron chi connectivity index (χ4n) is 4.63. The fraction of sp³-hybridized carbons (Fsp3) is 0.300. The molecule has 40 heavy (non-hydrogen) atoms. The number of hydrogen-bond acceptors (Lipinski definition) is 5. The van der Waals surface area contributed by atoms with Crippen LogP contribution in [0.5, 0.6) is 0 Å². The van der Waals surface area contributed by atoms with Crippen LogP contribution in [0.4, 0.5) is 0 Å². The average Bonchev–Trinajstić information content (AvgIpc) is 3.09. The molecule has 4 rings (SSSR count). The van der Waals surface area contributed by atoms with Crippen LogP contribution in [0.25, 0.3) is 0 Å². The third kappa shape index (κ3) is 6.79. The minimum absolute atomic E-state index is 0.0649. The normalized spacial score (nSPS) is 14.9. The van der Waals surface area contributed by atoms with Crippen molar-refractivity contribution < 1.29 is 22.8 Å². The molecule has 0 aliphatic carbocycles. The largest absolute Gasteiger partial charge is 0.350 e. The Hall–Kier alpha value is -3.50. The molecule has 1 heterocycles. The first-order chi connectivity index (χ1) is 18.9. The summed E-state index contributed by atoms with van der Waals surface area (Å²) in [4.78, 5) is 41.9. The number of nitrogens with zero attached hydrogens (tertiary/aromatic N) is 2. The number of nitrogens with one attached hydrogen (secondary N) is 1. The van der Waals surface area contributed by atoms with Crippen molar-refractivity contribution in [1.29, 1.82) is 0 Å². The van der Waals surface area contributed by atoms with E-state index in [9.17, 15) is 22.8 Å². The van der Waals surface area contributed by atoms with E-state index in [4.69, 9.17) is 0 Å². The van der Waals surface area contributed by atoms with Crippen LogP contribution in [0.2, 0.25) is 0 Å². The van der Waals surface area contributed by atoms with Crippen molar-refractivity contribution in [2.45, 2.75) is 56.6 Å². The van der Waals surface area contributed by atoms with E-state index in [-0.39, 0.29) is 42.3 Å². The molecule has 1 N–H and O–H groups in total. The summed E-state index contributed by atoms with van der Waals surface area (Å²) in [7, 11) is -4.06. The van der Waals surface area contributed by atoms with Crippen molar-refractivity contribution in [1.82, 2.24) is 14.5 Å². The van der Waals surface area contributed by atoms with Crippen LogP contribution < -0.4 is 5.32 Å². The molecule has 0 unspecified atom stereocenters. The van der Waals surface area contributed by atoms with Crippen LogP contribution in [0.15, 0.2) is 88.2 Å². The monoisotopic (exact) mass is 625 g/mol. The van der Waals surface area contributed by atoms with E-state index in [1.165, 1.54) is 17.0 Å². The highest BCUT2D eigenvalue weighted by Crippen LogP contribution is 2.30.